The molecule has 4 rings (SSSR count). The van der Waals surface area contributed by atoms with Crippen molar-refractivity contribution >= 4 is 40.6 Å². The van der Waals surface area contributed by atoms with E-state index in [1.165, 1.54) is 25.2 Å². The summed E-state index contributed by atoms with van der Waals surface area (Å²) in [5.41, 5.74) is 0.793. The molecule has 0 radical (unpaired) electrons. The molecule has 35 heavy (non-hydrogen) atoms. The van der Waals surface area contributed by atoms with Crippen LogP contribution in [0.15, 0.2) is 60.8 Å². The van der Waals surface area contributed by atoms with Crippen molar-refractivity contribution in [3.8, 4) is 11.5 Å². The lowest BCUT2D eigenvalue weighted by Crippen LogP contribution is -2.47. The number of likely N-dealkylation sites (N-methyl/N-ethyl adjacent to an activating group) is 1. The zero-order valence-corrected chi connectivity index (χ0v) is 18.9. The number of carbonyl (C=O) groups excluding carboxylic acids is 2. The summed E-state index contributed by atoms with van der Waals surface area (Å²) in [6.07, 6.45) is -4.25. The third kappa shape index (κ3) is 5.40. The summed E-state index contributed by atoms with van der Waals surface area (Å²) in [5.74, 6) is -0.930. The maximum absolute atomic E-state index is 13.1. The van der Waals surface area contributed by atoms with Gasteiger partial charge in [0.05, 0.1) is 22.8 Å². The van der Waals surface area contributed by atoms with Crippen molar-refractivity contribution in [2.45, 2.75) is 12.5 Å². The number of rotatable bonds is 5. The van der Waals surface area contributed by atoms with Crippen LogP contribution in [0.3, 0.4) is 0 Å². The van der Waals surface area contributed by atoms with E-state index in [0.717, 1.165) is 12.1 Å². The first-order valence-electron chi connectivity index (χ1n) is 10.2. The lowest BCUT2D eigenvalue weighted by molar-refractivity contribution is -0.274. The smallest absolute Gasteiger partial charge is 0.476 e. The molecule has 1 unspecified atom stereocenters. The monoisotopic (exact) mass is 506 g/mol. The van der Waals surface area contributed by atoms with Gasteiger partial charge in [-0.1, -0.05) is 17.7 Å². The number of benzene rings is 2. The molecule has 2 aromatic carbocycles. The second kappa shape index (κ2) is 9.71. The van der Waals surface area contributed by atoms with E-state index in [9.17, 15) is 22.8 Å². The summed E-state index contributed by atoms with van der Waals surface area (Å²) in [6.45, 7) is 0.0924. The van der Waals surface area contributed by atoms with Gasteiger partial charge in [0.1, 0.15) is 5.75 Å². The summed E-state index contributed by atoms with van der Waals surface area (Å²) in [4.78, 5) is 31.5. The molecule has 0 saturated heterocycles. The molecule has 12 heteroatoms. The number of carbonyl (C=O) groups is 2. The van der Waals surface area contributed by atoms with Crippen LogP contribution in [-0.2, 0) is 4.79 Å². The molecule has 1 aliphatic rings. The zero-order chi connectivity index (χ0) is 25.2. The van der Waals surface area contributed by atoms with Crippen molar-refractivity contribution in [1.82, 2.24) is 10.3 Å². The van der Waals surface area contributed by atoms with E-state index in [1.54, 1.807) is 35.4 Å². The molecule has 1 aliphatic heterocycles. The van der Waals surface area contributed by atoms with Gasteiger partial charge < -0.3 is 25.0 Å². The van der Waals surface area contributed by atoms with Crippen LogP contribution >= 0.6 is 11.6 Å². The van der Waals surface area contributed by atoms with Crippen LogP contribution in [0.25, 0.3) is 0 Å². The highest BCUT2D eigenvalue weighted by Gasteiger charge is 2.35. The normalized spacial score (nSPS) is 15.0. The Kier molecular flexibility index (Phi) is 6.70. The SMILES string of the molecule is CNC(=O)C1CN(c2ncccc2Cl)c2cccc(C(=O)Nc3ccc(OC(F)(F)F)cc3)c2O1. The third-order valence-corrected chi connectivity index (χ3v) is 5.31. The number of hydrogen-bond acceptors (Lipinski definition) is 6. The lowest BCUT2D eigenvalue weighted by atomic mass is 10.1. The highest BCUT2D eigenvalue weighted by Crippen LogP contribution is 2.42. The average Bonchev–Trinajstić information content (AvgIpc) is 2.83. The Balaban J connectivity index is 1.66. The molecule has 0 spiro atoms. The molecular formula is C23H18ClF3N4O4. The fourth-order valence-electron chi connectivity index (χ4n) is 3.50. The van der Waals surface area contributed by atoms with E-state index in [2.05, 4.69) is 20.4 Å². The summed E-state index contributed by atoms with van der Waals surface area (Å²) < 4.78 is 46.9. The topological polar surface area (TPSA) is 92.8 Å². The molecule has 1 aromatic heterocycles. The number of para-hydroxylation sites is 1. The highest BCUT2D eigenvalue weighted by atomic mass is 35.5. The Morgan fingerprint density at radius 1 is 1.14 bits per heavy atom. The van der Waals surface area contributed by atoms with Crippen LogP contribution in [-0.4, -0.2) is 42.9 Å². The number of amides is 2. The van der Waals surface area contributed by atoms with Gasteiger partial charge in [0.25, 0.3) is 11.8 Å². The number of hydrogen-bond donors (Lipinski definition) is 2. The highest BCUT2D eigenvalue weighted by molar-refractivity contribution is 6.33. The largest absolute Gasteiger partial charge is 0.573 e. The van der Waals surface area contributed by atoms with Gasteiger partial charge in [-0.2, -0.15) is 0 Å². The molecule has 0 bridgehead atoms. The first kappa shape index (κ1) is 24.1. The molecule has 3 aromatic rings. The Hall–Kier alpha value is -3.99. The number of ether oxygens (including phenoxy) is 2. The van der Waals surface area contributed by atoms with Crippen LogP contribution < -0.4 is 25.0 Å². The van der Waals surface area contributed by atoms with E-state index >= 15 is 0 Å². The van der Waals surface area contributed by atoms with E-state index in [4.69, 9.17) is 16.3 Å². The van der Waals surface area contributed by atoms with Crippen molar-refractivity contribution in [2.75, 3.05) is 23.8 Å². The van der Waals surface area contributed by atoms with Gasteiger partial charge in [-0.25, -0.2) is 4.98 Å². The van der Waals surface area contributed by atoms with Gasteiger partial charge in [0.2, 0.25) is 0 Å². The van der Waals surface area contributed by atoms with Crippen LogP contribution in [0.5, 0.6) is 11.5 Å². The van der Waals surface area contributed by atoms with Gasteiger partial charge in [-0.05, 0) is 48.5 Å². The van der Waals surface area contributed by atoms with Crippen LogP contribution in [0.4, 0.5) is 30.4 Å². The zero-order valence-electron chi connectivity index (χ0n) is 18.1. The molecule has 0 aliphatic carbocycles. The van der Waals surface area contributed by atoms with Crippen molar-refractivity contribution in [3.05, 3.63) is 71.4 Å². The molecule has 2 N–H and O–H groups in total. The lowest BCUT2D eigenvalue weighted by Gasteiger charge is -2.35. The number of fused-ring (bicyclic) bond motifs is 1. The van der Waals surface area contributed by atoms with E-state index in [1.807, 2.05) is 0 Å². The molecule has 2 amide bonds. The predicted molar refractivity (Wildman–Crippen MR) is 122 cm³/mol. The summed E-state index contributed by atoms with van der Waals surface area (Å²) in [7, 11) is 1.46. The number of halogens is 4. The van der Waals surface area contributed by atoms with Crippen LogP contribution in [0, 0.1) is 0 Å². The Bertz CT molecular complexity index is 1250. The number of alkyl halides is 3. The fourth-order valence-corrected chi connectivity index (χ4v) is 3.72. The van der Waals surface area contributed by atoms with Crippen molar-refractivity contribution < 1.29 is 32.2 Å². The van der Waals surface area contributed by atoms with E-state index in [-0.39, 0.29) is 23.5 Å². The van der Waals surface area contributed by atoms with Gasteiger partial charge in [-0.15, -0.1) is 13.2 Å². The quantitative estimate of drug-likeness (QED) is 0.528. The van der Waals surface area contributed by atoms with E-state index in [0.29, 0.717) is 16.5 Å². The Morgan fingerprint density at radius 2 is 1.89 bits per heavy atom. The van der Waals surface area contributed by atoms with Gasteiger partial charge in [0.15, 0.2) is 17.7 Å². The van der Waals surface area contributed by atoms with Crippen LogP contribution in [0.1, 0.15) is 10.4 Å². The number of nitrogens with one attached hydrogen (secondary N) is 2. The van der Waals surface area contributed by atoms with Gasteiger partial charge in [0, 0.05) is 18.9 Å². The molecule has 1 atom stereocenters. The summed E-state index contributed by atoms with van der Waals surface area (Å²) in [5, 5.41) is 5.47. The predicted octanol–water partition coefficient (Wildman–Crippen LogP) is 4.53. The first-order valence-corrected chi connectivity index (χ1v) is 10.6. The Morgan fingerprint density at radius 3 is 2.54 bits per heavy atom. The number of anilines is 3. The molecule has 8 nitrogen and oxygen atoms in total. The van der Waals surface area contributed by atoms with E-state index < -0.39 is 30.0 Å². The molecule has 2 heterocycles. The maximum Gasteiger partial charge on any atom is 0.573 e. The Labute approximate surface area is 202 Å². The first-order chi connectivity index (χ1) is 16.7. The fraction of sp³-hybridized carbons (Fsp3) is 0.174. The summed E-state index contributed by atoms with van der Waals surface area (Å²) in [6, 6.07) is 12.8. The minimum atomic E-state index is -4.82. The minimum Gasteiger partial charge on any atom is -0.476 e. The number of pyridine rings is 1. The third-order valence-electron chi connectivity index (χ3n) is 5.02. The minimum absolute atomic E-state index is 0.0924. The maximum atomic E-state index is 13.1. The second-order valence-electron chi connectivity index (χ2n) is 7.32. The molecular weight excluding hydrogens is 489 g/mol. The van der Waals surface area contributed by atoms with Crippen molar-refractivity contribution in [3.63, 3.8) is 0 Å². The van der Waals surface area contributed by atoms with Crippen molar-refractivity contribution in [2.24, 2.45) is 0 Å². The number of aromatic nitrogens is 1. The summed E-state index contributed by atoms with van der Waals surface area (Å²) >= 11 is 6.34. The van der Waals surface area contributed by atoms with Crippen LogP contribution in [0.2, 0.25) is 5.02 Å². The standard InChI is InChI=1S/C23H18ClF3N4O4/c1-28-22(33)18-12-31(20-16(24)5-3-11-29-20)17-6-2-4-15(19(17)34-18)21(32)30-13-7-9-14(10-8-13)35-23(25,26)27/h2-11,18H,12H2,1H3,(H,28,33)(H,30,32). The average molecular weight is 507 g/mol. The number of nitrogens with zero attached hydrogens (tertiary/aromatic N) is 2. The van der Waals surface area contributed by atoms with Gasteiger partial charge in [-0.3, -0.25) is 9.59 Å². The molecule has 0 saturated carbocycles. The second-order valence-corrected chi connectivity index (χ2v) is 7.73. The molecule has 182 valence electrons. The van der Waals surface area contributed by atoms with Gasteiger partial charge >= 0.3 is 6.36 Å². The van der Waals surface area contributed by atoms with Crippen molar-refractivity contribution in [1.29, 1.82) is 0 Å². The molecule has 0 fully saturated rings.